The highest BCUT2D eigenvalue weighted by atomic mass is 35.5. The summed E-state index contributed by atoms with van der Waals surface area (Å²) in [5.41, 5.74) is -0.709. The van der Waals surface area contributed by atoms with Crippen LogP contribution in [0.5, 0.6) is 0 Å². The molecule has 0 aromatic heterocycles. The van der Waals surface area contributed by atoms with Gasteiger partial charge in [-0.15, -0.1) is 0 Å². The van der Waals surface area contributed by atoms with Crippen LogP contribution in [0.2, 0.25) is 5.02 Å². The van der Waals surface area contributed by atoms with Crippen LogP contribution < -0.4 is 0 Å². The second kappa shape index (κ2) is 6.70. The number of alkyl halides is 3. The normalized spacial score (nSPS) is 12.6. The molecule has 2 aromatic carbocycles. The van der Waals surface area contributed by atoms with E-state index in [-0.39, 0.29) is 22.0 Å². The average Bonchev–Trinajstić information content (AvgIpc) is 2.46. The molecule has 0 radical (unpaired) electrons. The van der Waals surface area contributed by atoms with Crippen molar-refractivity contribution < 1.29 is 26.0 Å². The highest BCUT2D eigenvalue weighted by Crippen LogP contribution is 2.30. The van der Waals surface area contributed by atoms with E-state index in [4.69, 9.17) is 11.6 Å². The van der Waals surface area contributed by atoms with Crippen LogP contribution in [0.25, 0.3) is 0 Å². The van der Waals surface area contributed by atoms with Gasteiger partial charge in [-0.05, 0) is 29.8 Å². The number of nitrogens with zero attached hydrogens (tertiary/aromatic N) is 1. The van der Waals surface area contributed by atoms with Gasteiger partial charge in [-0.2, -0.15) is 17.5 Å². The van der Waals surface area contributed by atoms with Crippen molar-refractivity contribution in [2.45, 2.75) is 17.6 Å². The number of halogens is 5. The van der Waals surface area contributed by atoms with Gasteiger partial charge in [0.1, 0.15) is 10.7 Å². The van der Waals surface area contributed by atoms with Crippen LogP contribution in [0.1, 0.15) is 11.1 Å². The molecular weight excluding hydrogens is 370 g/mol. The van der Waals surface area contributed by atoms with Gasteiger partial charge < -0.3 is 0 Å². The van der Waals surface area contributed by atoms with Gasteiger partial charge in [-0.1, -0.05) is 29.8 Å². The molecule has 0 saturated carbocycles. The zero-order valence-electron chi connectivity index (χ0n) is 12.3. The summed E-state index contributed by atoms with van der Waals surface area (Å²) >= 11 is 5.75. The molecule has 24 heavy (non-hydrogen) atoms. The van der Waals surface area contributed by atoms with Crippen molar-refractivity contribution in [2.24, 2.45) is 0 Å². The fourth-order valence-electron chi connectivity index (χ4n) is 2.04. The van der Waals surface area contributed by atoms with E-state index in [1.807, 2.05) is 0 Å². The molecule has 0 N–H and O–H groups in total. The van der Waals surface area contributed by atoms with Crippen LogP contribution in [-0.2, 0) is 22.7 Å². The Balaban J connectivity index is 2.30. The SMILES string of the molecule is CN(Cc1cccc(C(F)(F)F)c1)S(=O)(=O)c1ccc(F)cc1Cl. The minimum absolute atomic E-state index is 0.161. The molecule has 0 fully saturated rings. The van der Waals surface area contributed by atoms with Gasteiger partial charge in [0.25, 0.3) is 0 Å². The first-order valence-electron chi connectivity index (χ1n) is 6.59. The van der Waals surface area contributed by atoms with Crippen molar-refractivity contribution in [3.8, 4) is 0 Å². The maximum absolute atomic E-state index is 13.0. The Morgan fingerprint density at radius 2 is 1.79 bits per heavy atom. The number of hydrogen-bond acceptors (Lipinski definition) is 2. The van der Waals surface area contributed by atoms with E-state index in [0.717, 1.165) is 34.6 Å². The first-order chi connectivity index (χ1) is 11.0. The van der Waals surface area contributed by atoms with E-state index in [9.17, 15) is 26.0 Å². The summed E-state index contributed by atoms with van der Waals surface area (Å²) in [4.78, 5) is -0.319. The van der Waals surface area contributed by atoms with Crippen molar-refractivity contribution >= 4 is 21.6 Å². The quantitative estimate of drug-likeness (QED) is 0.740. The maximum atomic E-state index is 13.0. The summed E-state index contributed by atoms with van der Waals surface area (Å²) in [5, 5.41) is -0.300. The summed E-state index contributed by atoms with van der Waals surface area (Å²) in [6.07, 6.45) is -4.52. The molecule has 0 amide bonds. The largest absolute Gasteiger partial charge is 0.416 e. The smallest absolute Gasteiger partial charge is 0.207 e. The van der Waals surface area contributed by atoms with Crippen LogP contribution in [-0.4, -0.2) is 19.8 Å². The van der Waals surface area contributed by atoms with Crippen LogP contribution in [0, 0.1) is 5.82 Å². The highest BCUT2D eigenvalue weighted by molar-refractivity contribution is 7.89. The molecule has 0 aliphatic heterocycles. The monoisotopic (exact) mass is 381 g/mol. The Morgan fingerprint density at radius 1 is 1.12 bits per heavy atom. The standard InChI is InChI=1S/C15H12ClF4NO2S/c1-21(9-10-3-2-4-11(7-10)15(18,19)20)24(22,23)14-6-5-12(17)8-13(14)16/h2-8H,9H2,1H3. The summed E-state index contributed by atoms with van der Waals surface area (Å²) < 4.78 is 76.9. The van der Waals surface area contributed by atoms with Gasteiger partial charge in [0.15, 0.2) is 0 Å². The lowest BCUT2D eigenvalue weighted by Crippen LogP contribution is -2.27. The molecule has 0 bridgehead atoms. The van der Waals surface area contributed by atoms with Crippen molar-refractivity contribution in [2.75, 3.05) is 7.05 Å². The van der Waals surface area contributed by atoms with Crippen molar-refractivity contribution in [1.29, 1.82) is 0 Å². The van der Waals surface area contributed by atoms with E-state index in [2.05, 4.69) is 0 Å². The molecule has 0 saturated heterocycles. The summed E-state index contributed by atoms with van der Waals surface area (Å²) in [6.45, 7) is -0.292. The Bertz CT molecular complexity index is 853. The molecule has 2 aromatic rings. The van der Waals surface area contributed by atoms with Gasteiger partial charge in [0.2, 0.25) is 10.0 Å². The van der Waals surface area contributed by atoms with Gasteiger partial charge >= 0.3 is 6.18 Å². The molecule has 0 atom stereocenters. The molecule has 3 nitrogen and oxygen atoms in total. The molecule has 0 spiro atoms. The molecular formula is C15H12ClF4NO2S. The van der Waals surface area contributed by atoms with E-state index < -0.39 is 27.6 Å². The second-order valence-corrected chi connectivity index (χ2v) is 7.45. The fraction of sp³-hybridized carbons (Fsp3) is 0.200. The van der Waals surface area contributed by atoms with Gasteiger partial charge in [0.05, 0.1) is 10.6 Å². The highest BCUT2D eigenvalue weighted by Gasteiger charge is 2.31. The fourth-order valence-corrected chi connectivity index (χ4v) is 3.70. The van der Waals surface area contributed by atoms with Crippen molar-refractivity contribution in [3.63, 3.8) is 0 Å². The molecule has 0 aliphatic carbocycles. The Hall–Kier alpha value is -1.64. The Kier molecular flexibility index (Phi) is 5.22. The lowest BCUT2D eigenvalue weighted by Gasteiger charge is -2.19. The molecule has 0 heterocycles. The lowest BCUT2D eigenvalue weighted by atomic mass is 10.1. The van der Waals surface area contributed by atoms with Crippen molar-refractivity contribution in [3.05, 3.63) is 64.4 Å². The van der Waals surface area contributed by atoms with Crippen LogP contribution in [0.4, 0.5) is 17.6 Å². The molecule has 0 unspecified atom stereocenters. The third kappa shape index (κ3) is 4.06. The first-order valence-corrected chi connectivity index (χ1v) is 8.41. The minimum Gasteiger partial charge on any atom is -0.207 e. The predicted octanol–water partition coefficient (Wildman–Crippen LogP) is 4.32. The summed E-state index contributed by atoms with van der Waals surface area (Å²) in [6, 6.07) is 7.16. The summed E-state index contributed by atoms with van der Waals surface area (Å²) in [7, 11) is -2.88. The number of rotatable bonds is 4. The first kappa shape index (κ1) is 18.7. The van der Waals surface area contributed by atoms with E-state index in [1.165, 1.54) is 19.2 Å². The topological polar surface area (TPSA) is 37.4 Å². The van der Waals surface area contributed by atoms with Crippen LogP contribution in [0.3, 0.4) is 0 Å². The third-order valence-corrected chi connectivity index (χ3v) is 5.53. The number of hydrogen-bond donors (Lipinski definition) is 0. The van der Waals surface area contributed by atoms with Crippen LogP contribution >= 0.6 is 11.6 Å². The predicted molar refractivity (Wildman–Crippen MR) is 81.5 cm³/mol. The maximum Gasteiger partial charge on any atom is 0.416 e. The zero-order valence-corrected chi connectivity index (χ0v) is 13.9. The van der Waals surface area contributed by atoms with Gasteiger partial charge in [-0.3, -0.25) is 0 Å². The van der Waals surface area contributed by atoms with Gasteiger partial charge in [0, 0.05) is 13.6 Å². The molecule has 0 aliphatic rings. The van der Waals surface area contributed by atoms with Crippen LogP contribution in [0.15, 0.2) is 47.4 Å². The third-order valence-electron chi connectivity index (χ3n) is 3.24. The lowest BCUT2D eigenvalue weighted by molar-refractivity contribution is -0.137. The second-order valence-electron chi connectivity index (χ2n) is 5.03. The van der Waals surface area contributed by atoms with E-state index in [1.54, 1.807) is 0 Å². The molecule has 2 rings (SSSR count). The van der Waals surface area contributed by atoms with E-state index >= 15 is 0 Å². The minimum atomic E-state index is -4.52. The number of benzene rings is 2. The molecule has 130 valence electrons. The molecule has 9 heteroatoms. The van der Waals surface area contributed by atoms with Crippen molar-refractivity contribution in [1.82, 2.24) is 4.31 Å². The average molecular weight is 382 g/mol. The Labute approximate surface area is 141 Å². The van der Waals surface area contributed by atoms with Gasteiger partial charge in [-0.25, -0.2) is 12.8 Å². The summed E-state index contributed by atoms with van der Waals surface area (Å²) in [5.74, 6) is -0.695. The van der Waals surface area contributed by atoms with E-state index in [0.29, 0.717) is 0 Å². The Morgan fingerprint density at radius 3 is 2.38 bits per heavy atom. The number of sulfonamides is 1. The zero-order chi connectivity index (χ0) is 18.1.